The minimum atomic E-state index is -0.908. The monoisotopic (exact) mass is 261 g/mol. The lowest BCUT2D eigenvalue weighted by Crippen LogP contribution is -1.96. The molecule has 0 unspecified atom stereocenters. The summed E-state index contributed by atoms with van der Waals surface area (Å²) in [6.45, 7) is 4.32. The van der Waals surface area contributed by atoms with Crippen molar-refractivity contribution < 1.29 is 9.90 Å². The summed E-state index contributed by atoms with van der Waals surface area (Å²) in [5, 5.41) is 12.0. The number of aromatic carboxylic acids is 1. The highest BCUT2D eigenvalue weighted by Crippen LogP contribution is 2.24. The van der Waals surface area contributed by atoms with Gasteiger partial charge in [-0.3, -0.25) is 0 Å². The van der Waals surface area contributed by atoms with Crippen LogP contribution in [0.2, 0.25) is 0 Å². The maximum atomic E-state index is 10.9. The molecule has 0 spiro atoms. The zero-order chi connectivity index (χ0) is 13.1. The van der Waals surface area contributed by atoms with E-state index in [2.05, 4.69) is 18.8 Å². The summed E-state index contributed by atoms with van der Waals surface area (Å²) in [6.07, 6.45) is 0.962. The predicted octanol–water partition coefficient (Wildman–Crippen LogP) is 3.71. The molecule has 18 heavy (non-hydrogen) atoms. The molecule has 2 aromatic rings. The van der Waals surface area contributed by atoms with Crippen molar-refractivity contribution in [3.63, 3.8) is 0 Å². The second-order valence-electron chi connectivity index (χ2n) is 4.61. The first-order valence-corrected chi connectivity index (χ1v) is 6.72. The van der Waals surface area contributed by atoms with E-state index < -0.39 is 5.97 Å². The lowest BCUT2D eigenvalue weighted by molar-refractivity contribution is 0.0697. The van der Waals surface area contributed by atoms with Gasteiger partial charge in [0.1, 0.15) is 0 Å². The van der Waals surface area contributed by atoms with E-state index in [1.165, 1.54) is 0 Å². The molecule has 3 nitrogen and oxygen atoms in total. The number of hydrogen-bond acceptors (Lipinski definition) is 3. The molecule has 0 saturated heterocycles. The molecule has 2 rings (SSSR count). The van der Waals surface area contributed by atoms with Crippen molar-refractivity contribution in [3.05, 3.63) is 40.2 Å². The standard InChI is InChI=1S/C14H15NO2S/c1-9(2)6-13-15-12(8-18-13)10-4-3-5-11(7-10)14(16)17/h3-5,7-9H,6H2,1-2H3,(H,16,17). The fourth-order valence-corrected chi connectivity index (χ4v) is 2.72. The zero-order valence-electron chi connectivity index (χ0n) is 10.4. The number of benzene rings is 1. The number of aromatic nitrogens is 1. The summed E-state index contributed by atoms with van der Waals surface area (Å²) in [7, 11) is 0. The molecule has 0 amide bonds. The fourth-order valence-electron chi connectivity index (χ4n) is 1.70. The largest absolute Gasteiger partial charge is 0.478 e. The van der Waals surface area contributed by atoms with Crippen LogP contribution in [0.3, 0.4) is 0 Å². The first-order valence-electron chi connectivity index (χ1n) is 5.84. The number of thiazole rings is 1. The molecular formula is C14H15NO2S. The Kier molecular flexibility index (Phi) is 3.77. The van der Waals surface area contributed by atoms with Crippen molar-refractivity contribution >= 4 is 17.3 Å². The Bertz CT molecular complexity index is 560. The van der Waals surface area contributed by atoms with Crippen molar-refractivity contribution in [2.45, 2.75) is 20.3 Å². The SMILES string of the molecule is CC(C)Cc1nc(-c2cccc(C(=O)O)c2)cs1. The second-order valence-corrected chi connectivity index (χ2v) is 5.55. The molecule has 1 heterocycles. The van der Waals surface area contributed by atoms with Crippen LogP contribution in [0.25, 0.3) is 11.3 Å². The lowest BCUT2D eigenvalue weighted by atomic mass is 10.1. The third-order valence-electron chi connectivity index (χ3n) is 2.54. The lowest BCUT2D eigenvalue weighted by Gasteiger charge is -2.00. The van der Waals surface area contributed by atoms with E-state index in [4.69, 9.17) is 5.11 Å². The zero-order valence-corrected chi connectivity index (χ0v) is 11.2. The summed E-state index contributed by atoms with van der Waals surface area (Å²) in [4.78, 5) is 15.5. The molecule has 94 valence electrons. The van der Waals surface area contributed by atoms with Crippen LogP contribution in [0.5, 0.6) is 0 Å². The van der Waals surface area contributed by atoms with Gasteiger partial charge in [-0.1, -0.05) is 26.0 Å². The molecule has 1 N–H and O–H groups in total. The van der Waals surface area contributed by atoms with E-state index in [0.717, 1.165) is 22.7 Å². The molecule has 0 aliphatic heterocycles. The topological polar surface area (TPSA) is 50.2 Å². The van der Waals surface area contributed by atoms with Gasteiger partial charge in [-0.25, -0.2) is 9.78 Å². The van der Waals surface area contributed by atoms with Gasteiger partial charge in [0.2, 0.25) is 0 Å². The van der Waals surface area contributed by atoms with Crippen molar-refractivity contribution in [2.75, 3.05) is 0 Å². The summed E-state index contributed by atoms with van der Waals surface area (Å²) in [6, 6.07) is 6.89. The van der Waals surface area contributed by atoms with Crippen LogP contribution in [-0.4, -0.2) is 16.1 Å². The van der Waals surface area contributed by atoms with Crippen LogP contribution >= 0.6 is 11.3 Å². The number of nitrogens with zero attached hydrogens (tertiary/aromatic N) is 1. The van der Waals surface area contributed by atoms with Crippen molar-refractivity contribution in [1.29, 1.82) is 0 Å². The first-order chi connectivity index (χ1) is 8.56. The normalized spacial score (nSPS) is 10.8. The van der Waals surface area contributed by atoms with Crippen LogP contribution in [0.1, 0.15) is 29.2 Å². The Morgan fingerprint density at radius 3 is 2.89 bits per heavy atom. The summed E-state index contributed by atoms with van der Waals surface area (Å²) in [5.74, 6) is -0.330. The van der Waals surface area contributed by atoms with Crippen LogP contribution < -0.4 is 0 Å². The Morgan fingerprint density at radius 2 is 2.22 bits per heavy atom. The van der Waals surface area contributed by atoms with Crippen LogP contribution in [0.15, 0.2) is 29.6 Å². The highest BCUT2D eigenvalue weighted by Gasteiger charge is 2.08. The number of carbonyl (C=O) groups is 1. The van der Waals surface area contributed by atoms with Crippen molar-refractivity contribution in [1.82, 2.24) is 4.98 Å². The van der Waals surface area contributed by atoms with Gasteiger partial charge in [-0.2, -0.15) is 0 Å². The van der Waals surface area contributed by atoms with Crippen LogP contribution in [0, 0.1) is 5.92 Å². The summed E-state index contributed by atoms with van der Waals surface area (Å²) < 4.78 is 0. The van der Waals surface area contributed by atoms with Gasteiger partial charge in [0, 0.05) is 17.4 Å². The maximum absolute atomic E-state index is 10.9. The van der Waals surface area contributed by atoms with E-state index in [1.54, 1.807) is 29.5 Å². The summed E-state index contributed by atoms with van der Waals surface area (Å²) in [5.41, 5.74) is 2.02. The van der Waals surface area contributed by atoms with Crippen LogP contribution in [-0.2, 0) is 6.42 Å². The molecule has 1 aromatic heterocycles. The molecule has 0 aliphatic carbocycles. The van der Waals surface area contributed by atoms with Gasteiger partial charge in [-0.05, 0) is 18.1 Å². The minimum Gasteiger partial charge on any atom is -0.478 e. The average molecular weight is 261 g/mol. The maximum Gasteiger partial charge on any atom is 0.335 e. The van der Waals surface area contributed by atoms with Crippen molar-refractivity contribution in [3.8, 4) is 11.3 Å². The fraction of sp³-hybridized carbons (Fsp3) is 0.286. The highest BCUT2D eigenvalue weighted by molar-refractivity contribution is 7.09. The Labute approximate surface area is 110 Å². The number of hydrogen-bond donors (Lipinski definition) is 1. The molecule has 0 saturated carbocycles. The number of rotatable bonds is 4. The van der Waals surface area contributed by atoms with Crippen molar-refractivity contribution in [2.24, 2.45) is 5.92 Å². The molecular weight excluding hydrogens is 246 g/mol. The molecule has 1 aromatic carbocycles. The van der Waals surface area contributed by atoms with Gasteiger partial charge in [0.15, 0.2) is 0 Å². The smallest absolute Gasteiger partial charge is 0.335 e. The van der Waals surface area contributed by atoms with Crippen LogP contribution in [0.4, 0.5) is 0 Å². The quantitative estimate of drug-likeness (QED) is 0.912. The Hall–Kier alpha value is -1.68. The Balaban J connectivity index is 2.28. The van der Waals surface area contributed by atoms with Gasteiger partial charge in [-0.15, -0.1) is 11.3 Å². The highest BCUT2D eigenvalue weighted by atomic mass is 32.1. The third-order valence-corrected chi connectivity index (χ3v) is 3.41. The average Bonchev–Trinajstić information content (AvgIpc) is 2.77. The van der Waals surface area contributed by atoms with Gasteiger partial charge < -0.3 is 5.11 Å². The molecule has 0 bridgehead atoms. The molecule has 0 atom stereocenters. The predicted molar refractivity (Wildman–Crippen MR) is 73.1 cm³/mol. The van der Waals surface area contributed by atoms with Gasteiger partial charge in [0.25, 0.3) is 0 Å². The Morgan fingerprint density at radius 1 is 1.44 bits per heavy atom. The van der Waals surface area contributed by atoms with E-state index in [0.29, 0.717) is 11.5 Å². The van der Waals surface area contributed by atoms with E-state index in [9.17, 15) is 4.79 Å². The minimum absolute atomic E-state index is 0.297. The second kappa shape index (κ2) is 5.31. The first kappa shape index (κ1) is 12.8. The van der Waals surface area contributed by atoms with E-state index >= 15 is 0 Å². The summed E-state index contributed by atoms with van der Waals surface area (Å²) >= 11 is 1.63. The van der Waals surface area contributed by atoms with Gasteiger partial charge in [0.05, 0.1) is 16.3 Å². The molecule has 0 aliphatic rings. The molecule has 0 fully saturated rings. The van der Waals surface area contributed by atoms with E-state index in [-0.39, 0.29) is 0 Å². The molecule has 4 heteroatoms. The van der Waals surface area contributed by atoms with Gasteiger partial charge >= 0.3 is 5.97 Å². The van der Waals surface area contributed by atoms with E-state index in [1.807, 2.05) is 11.4 Å². The molecule has 0 radical (unpaired) electrons. The number of carboxylic acid groups (broad SMARTS) is 1. The number of carboxylic acids is 1. The third kappa shape index (κ3) is 2.96.